The monoisotopic (exact) mass is 399 g/mol. The summed E-state index contributed by atoms with van der Waals surface area (Å²) < 4.78 is 10.9. The predicted molar refractivity (Wildman–Crippen MR) is 110 cm³/mol. The van der Waals surface area contributed by atoms with Gasteiger partial charge in [-0.1, -0.05) is 17.3 Å². The van der Waals surface area contributed by atoms with E-state index < -0.39 is 0 Å². The van der Waals surface area contributed by atoms with E-state index in [0.717, 1.165) is 35.2 Å². The second-order valence-electron chi connectivity index (χ2n) is 7.68. The van der Waals surface area contributed by atoms with E-state index in [9.17, 15) is 9.59 Å². The van der Waals surface area contributed by atoms with Crippen molar-refractivity contribution in [3.05, 3.63) is 46.3 Å². The summed E-state index contributed by atoms with van der Waals surface area (Å²) >= 11 is 0. The molecule has 1 N–H and O–H groups in total. The molecule has 0 radical (unpaired) electrons. The number of hydrogen-bond acceptors (Lipinski definition) is 5. The van der Waals surface area contributed by atoms with Gasteiger partial charge in [0.1, 0.15) is 5.76 Å². The molecule has 3 rings (SSSR count). The van der Waals surface area contributed by atoms with Gasteiger partial charge in [-0.05, 0) is 57.7 Å². The van der Waals surface area contributed by atoms with Gasteiger partial charge in [-0.3, -0.25) is 9.59 Å². The summed E-state index contributed by atoms with van der Waals surface area (Å²) in [4.78, 5) is 27.3. The van der Waals surface area contributed by atoms with Crippen molar-refractivity contribution < 1.29 is 18.8 Å². The Morgan fingerprint density at radius 2 is 2.03 bits per heavy atom. The van der Waals surface area contributed by atoms with Gasteiger partial charge < -0.3 is 19.5 Å². The van der Waals surface area contributed by atoms with Gasteiger partial charge in [0.25, 0.3) is 0 Å². The zero-order valence-corrected chi connectivity index (χ0v) is 17.6. The number of carbonyl (C=O) groups excluding carboxylic acids is 2. The normalized spacial score (nSPS) is 16.1. The maximum atomic E-state index is 13.0. The van der Waals surface area contributed by atoms with Crippen LogP contribution in [0.3, 0.4) is 0 Å². The average molecular weight is 399 g/mol. The molecule has 29 heavy (non-hydrogen) atoms. The molecule has 2 amide bonds. The molecule has 1 aliphatic rings. The summed E-state index contributed by atoms with van der Waals surface area (Å²) in [6, 6.07) is 5.78. The minimum absolute atomic E-state index is 0.0184. The van der Waals surface area contributed by atoms with E-state index in [1.165, 1.54) is 0 Å². The Kier molecular flexibility index (Phi) is 6.69. The van der Waals surface area contributed by atoms with Crippen molar-refractivity contribution in [3.63, 3.8) is 0 Å². The van der Waals surface area contributed by atoms with Gasteiger partial charge in [0.15, 0.2) is 0 Å². The number of rotatable bonds is 7. The average Bonchev–Trinajstić information content (AvgIpc) is 3.30. The number of nitrogens with zero attached hydrogens (tertiary/aromatic N) is 2. The predicted octanol–water partition coefficient (Wildman–Crippen LogP) is 3.10. The van der Waals surface area contributed by atoms with Crippen LogP contribution in [0.5, 0.6) is 0 Å². The van der Waals surface area contributed by atoms with Crippen molar-refractivity contribution in [2.45, 2.75) is 53.1 Å². The first-order chi connectivity index (χ1) is 13.8. The third-order valence-electron chi connectivity index (χ3n) is 5.52. The van der Waals surface area contributed by atoms with Crippen LogP contribution in [0.25, 0.3) is 0 Å². The molecule has 1 unspecified atom stereocenters. The molecule has 7 heteroatoms. The minimum atomic E-state index is -0.219. The van der Waals surface area contributed by atoms with Gasteiger partial charge in [0.2, 0.25) is 11.8 Å². The van der Waals surface area contributed by atoms with E-state index in [0.29, 0.717) is 24.6 Å². The topological polar surface area (TPSA) is 84.7 Å². The van der Waals surface area contributed by atoms with Crippen molar-refractivity contribution in [1.82, 2.24) is 10.1 Å². The lowest BCUT2D eigenvalue weighted by Crippen LogP contribution is -2.43. The maximum Gasteiger partial charge on any atom is 0.244 e. The Labute approximate surface area is 171 Å². The molecule has 1 aliphatic heterocycles. The molecule has 2 heterocycles. The molecule has 1 fully saturated rings. The van der Waals surface area contributed by atoms with Crippen molar-refractivity contribution in [2.24, 2.45) is 0 Å². The lowest BCUT2D eigenvalue weighted by atomic mass is 10.1. The van der Waals surface area contributed by atoms with Crippen molar-refractivity contribution in [2.75, 3.05) is 25.0 Å². The molecule has 156 valence electrons. The number of aryl methyl sites for hydroxylation is 3. The summed E-state index contributed by atoms with van der Waals surface area (Å²) in [6.45, 7) is 8.67. The molecule has 0 aliphatic carbocycles. The first-order valence-corrected chi connectivity index (χ1v) is 10.0. The highest BCUT2D eigenvalue weighted by Crippen LogP contribution is 2.19. The van der Waals surface area contributed by atoms with Crippen molar-refractivity contribution in [1.29, 1.82) is 0 Å². The lowest BCUT2D eigenvalue weighted by Gasteiger charge is -2.25. The van der Waals surface area contributed by atoms with Crippen LogP contribution in [0, 0.1) is 27.7 Å². The Bertz CT molecular complexity index is 865. The molecule has 0 saturated carbocycles. The number of carbonyl (C=O) groups is 2. The van der Waals surface area contributed by atoms with Crippen molar-refractivity contribution in [3.8, 4) is 0 Å². The molecular formula is C22H29N3O4. The molecule has 7 nitrogen and oxygen atoms in total. The summed E-state index contributed by atoms with van der Waals surface area (Å²) in [5.74, 6) is 0.280. The van der Waals surface area contributed by atoms with Gasteiger partial charge >= 0.3 is 0 Å². The number of hydrogen-bond donors (Lipinski definition) is 1. The number of nitrogens with one attached hydrogen (secondary N) is 1. The molecule has 0 spiro atoms. The zero-order valence-electron chi connectivity index (χ0n) is 17.6. The third-order valence-corrected chi connectivity index (χ3v) is 5.52. The Morgan fingerprint density at radius 1 is 1.24 bits per heavy atom. The van der Waals surface area contributed by atoms with E-state index in [-0.39, 0.29) is 30.9 Å². The molecule has 2 aromatic rings. The van der Waals surface area contributed by atoms with E-state index in [1.54, 1.807) is 11.8 Å². The fourth-order valence-corrected chi connectivity index (χ4v) is 3.56. The highest BCUT2D eigenvalue weighted by molar-refractivity contribution is 5.95. The Balaban J connectivity index is 1.71. The summed E-state index contributed by atoms with van der Waals surface area (Å²) in [7, 11) is 0. The molecule has 0 bridgehead atoms. The van der Waals surface area contributed by atoms with Crippen LogP contribution in [0.1, 0.15) is 41.0 Å². The van der Waals surface area contributed by atoms with Crippen LogP contribution in [0.15, 0.2) is 22.7 Å². The van der Waals surface area contributed by atoms with Crippen LogP contribution < -0.4 is 5.32 Å². The summed E-state index contributed by atoms with van der Waals surface area (Å²) in [5.41, 5.74) is 4.38. The van der Waals surface area contributed by atoms with E-state index in [2.05, 4.69) is 10.5 Å². The van der Waals surface area contributed by atoms with Crippen LogP contribution in [-0.2, 0) is 20.7 Å². The number of aromatic nitrogens is 1. The van der Waals surface area contributed by atoms with Crippen LogP contribution in [-0.4, -0.2) is 47.7 Å². The van der Waals surface area contributed by atoms with Gasteiger partial charge in [0, 0.05) is 24.4 Å². The van der Waals surface area contributed by atoms with Gasteiger partial charge in [-0.2, -0.15) is 0 Å². The highest BCUT2D eigenvalue weighted by Gasteiger charge is 2.26. The molecule has 1 saturated heterocycles. The quantitative estimate of drug-likeness (QED) is 0.773. The fraction of sp³-hybridized carbons (Fsp3) is 0.500. The van der Waals surface area contributed by atoms with E-state index in [1.807, 2.05) is 39.0 Å². The molecular weight excluding hydrogens is 370 g/mol. The number of ether oxygens (including phenoxy) is 1. The van der Waals surface area contributed by atoms with Crippen LogP contribution >= 0.6 is 0 Å². The summed E-state index contributed by atoms with van der Waals surface area (Å²) in [6.07, 6.45) is 2.00. The third kappa shape index (κ3) is 5.23. The maximum absolute atomic E-state index is 13.0. The first-order valence-electron chi connectivity index (χ1n) is 10.0. The van der Waals surface area contributed by atoms with Gasteiger partial charge in [0.05, 0.1) is 24.8 Å². The Morgan fingerprint density at radius 3 is 2.69 bits per heavy atom. The molecule has 1 aromatic heterocycles. The highest BCUT2D eigenvalue weighted by atomic mass is 16.5. The number of anilines is 1. The smallest absolute Gasteiger partial charge is 0.244 e. The van der Waals surface area contributed by atoms with Gasteiger partial charge in [-0.15, -0.1) is 0 Å². The van der Waals surface area contributed by atoms with Crippen molar-refractivity contribution >= 4 is 17.5 Å². The molecule has 1 atom stereocenters. The minimum Gasteiger partial charge on any atom is -0.376 e. The number of benzene rings is 1. The zero-order chi connectivity index (χ0) is 21.0. The Hall–Kier alpha value is -2.67. The largest absolute Gasteiger partial charge is 0.376 e. The van der Waals surface area contributed by atoms with Gasteiger partial charge in [-0.25, -0.2) is 0 Å². The fourth-order valence-electron chi connectivity index (χ4n) is 3.56. The van der Waals surface area contributed by atoms with E-state index >= 15 is 0 Å². The van der Waals surface area contributed by atoms with Crippen LogP contribution in [0.4, 0.5) is 5.69 Å². The standard InChI is InChI=1S/C22H29N3O4/c1-14-7-5-9-20(15(14)2)23-21(26)13-25(12-18-8-6-10-28-18)22(27)11-19-16(3)24-29-17(19)4/h5,7,9,18H,6,8,10-13H2,1-4H3,(H,23,26). The second kappa shape index (κ2) is 9.22. The SMILES string of the molecule is Cc1cccc(NC(=O)CN(CC2CCCO2)C(=O)Cc2c(C)noc2C)c1C. The van der Waals surface area contributed by atoms with E-state index in [4.69, 9.17) is 9.26 Å². The van der Waals surface area contributed by atoms with Crippen LogP contribution in [0.2, 0.25) is 0 Å². The number of amides is 2. The lowest BCUT2D eigenvalue weighted by molar-refractivity contribution is -0.135. The second-order valence-corrected chi connectivity index (χ2v) is 7.68. The first kappa shape index (κ1) is 21.0. The summed E-state index contributed by atoms with van der Waals surface area (Å²) in [5, 5.41) is 6.86. The molecule has 1 aromatic carbocycles.